The summed E-state index contributed by atoms with van der Waals surface area (Å²) in [5, 5.41) is 8.72. The van der Waals surface area contributed by atoms with Crippen LogP contribution < -0.4 is 4.74 Å². The van der Waals surface area contributed by atoms with Gasteiger partial charge in [0.2, 0.25) is 0 Å². The van der Waals surface area contributed by atoms with Gasteiger partial charge in [-0.2, -0.15) is 5.26 Å². The largest absolute Gasteiger partial charge is 0.491 e. The zero-order valence-electron chi connectivity index (χ0n) is 13.7. The van der Waals surface area contributed by atoms with E-state index in [0.717, 1.165) is 25.4 Å². The molecule has 1 aromatic rings. The average Bonchev–Trinajstić information content (AvgIpc) is 2.50. The zero-order chi connectivity index (χ0) is 15.8. The Morgan fingerprint density at radius 3 is 2.39 bits per heavy atom. The van der Waals surface area contributed by atoms with Crippen LogP contribution >= 0.6 is 12.4 Å². The first-order valence-electron chi connectivity index (χ1n) is 7.76. The maximum Gasteiger partial charge on any atom is 0.119 e. The molecular formula is C17H25ClN2O3. The van der Waals surface area contributed by atoms with Gasteiger partial charge in [0.25, 0.3) is 0 Å². The summed E-state index contributed by atoms with van der Waals surface area (Å²) in [5.74, 6) is 0.762. The molecule has 0 spiro atoms. The number of ether oxygens (including phenoxy) is 3. The van der Waals surface area contributed by atoms with E-state index in [1.807, 2.05) is 0 Å². The molecule has 1 aliphatic rings. The van der Waals surface area contributed by atoms with E-state index in [9.17, 15) is 0 Å². The lowest BCUT2D eigenvalue weighted by Gasteiger charge is -2.35. The summed E-state index contributed by atoms with van der Waals surface area (Å²) in [6.45, 7) is 8.86. The summed E-state index contributed by atoms with van der Waals surface area (Å²) in [6.07, 6.45) is 0.590. The first-order chi connectivity index (χ1) is 10.7. The van der Waals surface area contributed by atoms with Gasteiger partial charge in [-0.25, -0.2) is 0 Å². The Bertz CT molecular complexity index is 480. The van der Waals surface area contributed by atoms with Crippen molar-refractivity contribution in [1.82, 2.24) is 4.90 Å². The molecule has 128 valence electrons. The first-order valence-corrected chi connectivity index (χ1v) is 7.76. The molecule has 0 radical (unpaired) electrons. The first kappa shape index (κ1) is 19.7. The molecule has 1 fully saturated rings. The normalized spacial score (nSPS) is 21.3. The molecule has 23 heavy (non-hydrogen) atoms. The number of morpholine rings is 1. The minimum atomic E-state index is 0. The number of hydrogen-bond donors (Lipinski definition) is 0. The van der Waals surface area contributed by atoms with Crippen LogP contribution in [0.25, 0.3) is 0 Å². The van der Waals surface area contributed by atoms with Gasteiger partial charge < -0.3 is 14.2 Å². The number of benzene rings is 1. The molecule has 0 saturated carbocycles. The van der Waals surface area contributed by atoms with Crippen molar-refractivity contribution < 1.29 is 14.2 Å². The lowest BCUT2D eigenvalue weighted by molar-refractivity contribution is -0.0734. The highest BCUT2D eigenvalue weighted by atomic mass is 35.5. The molecule has 0 aromatic heterocycles. The number of rotatable bonds is 7. The summed E-state index contributed by atoms with van der Waals surface area (Å²) >= 11 is 0. The molecule has 0 aliphatic carbocycles. The highest BCUT2D eigenvalue weighted by Gasteiger charge is 2.21. The molecule has 1 aliphatic heterocycles. The van der Waals surface area contributed by atoms with Gasteiger partial charge >= 0.3 is 0 Å². The summed E-state index contributed by atoms with van der Waals surface area (Å²) in [4.78, 5) is 2.38. The van der Waals surface area contributed by atoms with Crippen LogP contribution in [0.5, 0.6) is 5.75 Å². The third kappa shape index (κ3) is 7.19. The Labute approximate surface area is 144 Å². The Morgan fingerprint density at radius 1 is 1.13 bits per heavy atom. The van der Waals surface area contributed by atoms with Crippen LogP contribution in [-0.2, 0) is 9.47 Å². The van der Waals surface area contributed by atoms with Crippen molar-refractivity contribution in [2.75, 3.05) is 39.5 Å². The fourth-order valence-corrected chi connectivity index (χ4v) is 2.61. The molecule has 0 bridgehead atoms. The number of halogens is 1. The Balaban J connectivity index is 0.00000264. The van der Waals surface area contributed by atoms with Gasteiger partial charge in [-0.05, 0) is 38.1 Å². The molecule has 0 N–H and O–H groups in total. The molecule has 1 aromatic carbocycles. The fraction of sp³-hybridized carbons (Fsp3) is 0.588. The molecule has 5 nitrogen and oxygen atoms in total. The van der Waals surface area contributed by atoms with Gasteiger partial charge in [0.1, 0.15) is 12.4 Å². The van der Waals surface area contributed by atoms with E-state index in [4.69, 9.17) is 19.5 Å². The van der Waals surface area contributed by atoms with Gasteiger partial charge in [0.15, 0.2) is 0 Å². The second-order valence-electron chi connectivity index (χ2n) is 5.61. The van der Waals surface area contributed by atoms with Crippen LogP contribution in [0.2, 0.25) is 0 Å². The molecule has 1 saturated heterocycles. The molecule has 0 amide bonds. The quantitative estimate of drug-likeness (QED) is 0.714. The van der Waals surface area contributed by atoms with Crippen molar-refractivity contribution >= 4 is 12.4 Å². The van der Waals surface area contributed by atoms with Crippen LogP contribution in [-0.4, -0.2) is 56.6 Å². The zero-order valence-corrected chi connectivity index (χ0v) is 14.6. The van der Waals surface area contributed by atoms with Gasteiger partial charge in [-0.3, -0.25) is 4.90 Å². The second-order valence-corrected chi connectivity index (χ2v) is 5.61. The predicted octanol–water partition coefficient (Wildman–Crippen LogP) is 2.48. The maximum absolute atomic E-state index is 8.72. The standard InChI is InChI=1S/C17H24N2O3.ClH/c1-14-12-19(13-15(2)22-14)7-8-20-9-10-21-17-5-3-16(11-18)4-6-17;/h3-6,14-15H,7-10,12-13H2,1-2H3;1H. The minimum Gasteiger partial charge on any atom is -0.491 e. The van der Waals surface area contributed by atoms with Crippen LogP contribution in [0.15, 0.2) is 24.3 Å². The lowest BCUT2D eigenvalue weighted by atomic mass is 10.2. The van der Waals surface area contributed by atoms with E-state index in [0.29, 0.717) is 37.6 Å². The monoisotopic (exact) mass is 340 g/mol. The Hall–Kier alpha value is -1.32. The molecule has 2 atom stereocenters. The third-order valence-electron chi connectivity index (χ3n) is 3.53. The van der Waals surface area contributed by atoms with E-state index >= 15 is 0 Å². The van der Waals surface area contributed by atoms with Gasteiger partial charge in [-0.15, -0.1) is 12.4 Å². The van der Waals surface area contributed by atoms with E-state index < -0.39 is 0 Å². The van der Waals surface area contributed by atoms with Crippen LogP contribution in [0.4, 0.5) is 0 Å². The lowest BCUT2D eigenvalue weighted by Crippen LogP contribution is -2.46. The van der Waals surface area contributed by atoms with Crippen LogP contribution in [0, 0.1) is 11.3 Å². The maximum atomic E-state index is 8.72. The summed E-state index contributed by atoms with van der Waals surface area (Å²) in [7, 11) is 0. The van der Waals surface area contributed by atoms with Crippen LogP contribution in [0.3, 0.4) is 0 Å². The summed E-state index contributed by atoms with van der Waals surface area (Å²) in [5.41, 5.74) is 0.637. The van der Waals surface area contributed by atoms with Crippen molar-refractivity contribution in [2.24, 2.45) is 0 Å². The topological polar surface area (TPSA) is 54.7 Å². The van der Waals surface area contributed by atoms with Crippen molar-refractivity contribution in [3.63, 3.8) is 0 Å². The van der Waals surface area contributed by atoms with Crippen molar-refractivity contribution in [1.29, 1.82) is 5.26 Å². The molecule has 2 unspecified atom stereocenters. The van der Waals surface area contributed by atoms with Crippen molar-refractivity contribution in [2.45, 2.75) is 26.1 Å². The smallest absolute Gasteiger partial charge is 0.119 e. The second kappa shape index (κ2) is 10.5. The Kier molecular flexibility index (Phi) is 8.97. The SMILES string of the molecule is CC1CN(CCOCCOc2ccc(C#N)cc2)CC(C)O1.Cl. The number of nitrogens with zero attached hydrogens (tertiary/aromatic N) is 2. The van der Waals surface area contributed by atoms with Gasteiger partial charge in [0.05, 0.1) is 37.1 Å². The van der Waals surface area contributed by atoms with Gasteiger partial charge in [-0.1, -0.05) is 0 Å². The van der Waals surface area contributed by atoms with E-state index in [-0.39, 0.29) is 12.4 Å². The van der Waals surface area contributed by atoms with E-state index in [1.165, 1.54) is 0 Å². The molecule has 1 heterocycles. The van der Waals surface area contributed by atoms with Crippen molar-refractivity contribution in [3.8, 4) is 11.8 Å². The van der Waals surface area contributed by atoms with Crippen LogP contribution in [0.1, 0.15) is 19.4 Å². The molecule has 2 rings (SSSR count). The van der Waals surface area contributed by atoms with E-state index in [2.05, 4.69) is 24.8 Å². The minimum absolute atomic E-state index is 0. The van der Waals surface area contributed by atoms with E-state index in [1.54, 1.807) is 24.3 Å². The summed E-state index contributed by atoms with van der Waals surface area (Å²) < 4.78 is 16.9. The van der Waals surface area contributed by atoms with Crippen molar-refractivity contribution in [3.05, 3.63) is 29.8 Å². The highest BCUT2D eigenvalue weighted by Crippen LogP contribution is 2.11. The average molecular weight is 341 g/mol. The Morgan fingerprint density at radius 2 is 1.78 bits per heavy atom. The molecule has 6 heteroatoms. The molecular weight excluding hydrogens is 316 g/mol. The van der Waals surface area contributed by atoms with Gasteiger partial charge in [0, 0.05) is 19.6 Å². The fourth-order valence-electron chi connectivity index (χ4n) is 2.61. The summed E-state index contributed by atoms with van der Waals surface area (Å²) in [6, 6.07) is 9.18. The number of nitriles is 1. The third-order valence-corrected chi connectivity index (χ3v) is 3.53. The predicted molar refractivity (Wildman–Crippen MR) is 91.2 cm³/mol. The highest BCUT2D eigenvalue weighted by molar-refractivity contribution is 5.85. The number of hydrogen-bond acceptors (Lipinski definition) is 5.